The third kappa shape index (κ3) is 3.33. The van der Waals surface area contributed by atoms with Crippen LogP contribution in [0, 0.1) is 6.92 Å². The molecule has 4 rings (SSSR count). The molecule has 28 heavy (non-hydrogen) atoms. The van der Waals surface area contributed by atoms with Crippen LogP contribution in [0.1, 0.15) is 26.9 Å². The van der Waals surface area contributed by atoms with Gasteiger partial charge in [-0.25, -0.2) is 8.42 Å². The molecular weight excluding hydrogens is 396 g/mol. The Bertz CT molecular complexity index is 1150. The number of hydrogen-bond acceptors (Lipinski definition) is 5. The number of sulfonamides is 1. The number of nitrogens with two attached hydrogens (primary N) is 1. The van der Waals surface area contributed by atoms with E-state index < -0.39 is 22.0 Å². The molecule has 1 aromatic heterocycles. The minimum atomic E-state index is -3.65. The fourth-order valence-electron chi connectivity index (χ4n) is 3.51. The van der Waals surface area contributed by atoms with Gasteiger partial charge in [-0.2, -0.15) is 4.31 Å². The third-order valence-electron chi connectivity index (χ3n) is 4.84. The number of hydrogen-bond donors (Lipinski definition) is 1. The lowest BCUT2D eigenvalue weighted by atomic mass is 10.0. The number of thiophene rings is 1. The van der Waals surface area contributed by atoms with Gasteiger partial charge in [-0.15, -0.1) is 11.3 Å². The molecule has 3 aromatic rings. The highest BCUT2D eigenvalue weighted by Gasteiger charge is 2.34. The van der Waals surface area contributed by atoms with E-state index >= 15 is 0 Å². The molecular formula is C20H20N2O4S2. The van der Waals surface area contributed by atoms with E-state index in [4.69, 9.17) is 10.5 Å². The third-order valence-corrected chi connectivity index (χ3v) is 7.90. The molecule has 2 N–H and O–H groups in total. The van der Waals surface area contributed by atoms with Crippen molar-refractivity contribution in [2.24, 2.45) is 5.73 Å². The second kappa shape index (κ2) is 7.29. The van der Waals surface area contributed by atoms with Gasteiger partial charge in [0.1, 0.15) is 0 Å². The highest BCUT2D eigenvalue weighted by atomic mass is 32.2. The number of nitrogens with zero attached hydrogens (tertiary/aromatic N) is 1. The number of amides is 1. The molecule has 0 radical (unpaired) electrons. The molecule has 1 fully saturated rings. The van der Waals surface area contributed by atoms with Gasteiger partial charge in [0, 0.05) is 23.4 Å². The van der Waals surface area contributed by atoms with Crippen molar-refractivity contribution in [3.63, 3.8) is 0 Å². The molecule has 2 aromatic carbocycles. The van der Waals surface area contributed by atoms with Gasteiger partial charge >= 0.3 is 0 Å². The minimum Gasteiger partial charge on any atom is -0.371 e. The summed E-state index contributed by atoms with van der Waals surface area (Å²) in [5.74, 6) is -0.529. The maximum Gasteiger partial charge on any atom is 0.259 e. The highest BCUT2D eigenvalue weighted by Crippen LogP contribution is 2.38. The summed E-state index contributed by atoms with van der Waals surface area (Å²) in [6.45, 7) is 2.51. The van der Waals surface area contributed by atoms with Crippen LogP contribution in [0.25, 0.3) is 10.1 Å². The van der Waals surface area contributed by atoms with Gasteiger partial charge in [-0.05, 0) is 36.1 Å². The molecule has 0 spiro atoms. The molecule has 1 saturated heterocycles. The molecule has 6 nitrogen and oxygen atoms in total. The molecule has 0 unspecified atom stereocenters. The average Bonchev–Trinajstić information content (AvgIpc) is 3.08. The van der Waals surface area contributed by atoms with E-state index in [2.05, 4.69) is 0 Å². The van der Waals surface area contributed by atoms with Crippen LogP contribution in [-0.2, 0) is 14.8 Å². The highest BCUT2D eigenvalue weighted by molar-refractivity contribution is 7.89. The molecule has 1 aliphatic rings. The number of aryl methyl sites for hydroxylation is 1. The molecule has 146 valence electrons. The number of carbonyl (C=O) groups is 1. The fraction of sp³-hybridized carbons (Fsp3) is 0.250. The molecule has 1 amide bonds. The molecule has 1 aliphatic heterocycles. The van der Waals surface area contributed by atoms with Crippen LogP contribution in [0.2, 0.25) is 0 Å². The zero-order chi connectivity index (χ0) is 19.9. The Labute approximate surface area is 167 Å². The van der Waals surface area contributed by atoms with E-state index in [-0.39, 0.29) is 24.6 Å². The molecule has 0 saturated carbocycles. The normalized spacial score (nSPS) is 18.4. The van der Waals surface area contributed by atoms with Crippen LogP contribution in [0.3, 0.4) is 0 Å². The number of morpholine rings is 1. The van der Waals surface area contributed by atoms with E-state index in [0.717, 1.165) is 15.6 Å². The number of ether oxygens (including phenoxy) is 1. The Morgan fingerprint density at radius 3 is 2.75 bits per heavy atom. The van der Waals surface area contributed by atoms with Gasteiger partial charge in [0.05, 0.1) is 22.5 Å². The van der Waals surface area contributed by atoms with Crippen molar-refractivity contribution in [3.8, 4) is 0 Å². The lowest BCUT2D eigenvalue weighted by molar-refractivity contribution is -0.00188. The molecule has 1 atom stereocenters. The summed E-state index contributed by atoms with van der Waals surface area (Å²) < 4.78 is 34.5. The molecule has 0 aliphatic carbocycles. The van der Waals surface area contributed by atoms with Crippen LogP contribution < -0.4 is 5.73 Å². The van der Waals surface area contributed by atoms with Crippen molar-refractivity contribution in [1.82, 2.24) is 4.31 Å². The summed E-state index contributed by atoms with van der Waals surface area (Å²) in [6.07, 6.45) is -0.549. The van der Waals surface area contributed by atoms with E-state index in [1.54, 1.807) is 18.2 Å². The van der Waals surface area contributed by atoms with E-state index in [1.807, 2.05) is 37.3 Å². The van der Waals surface area contributed by atoms with Crippen molar-refractivity contribution >= 4 is 37.4 Å². The van der Waals surface area contributed by atoms with E-state index in [9.17, 15) is 13.2 Å². The zero-order valence-electron chi connectivity index (χ0n) is 15.3. The van der Waals surface area contributed by atoms with Gasteiger partial charge < -0.3 is 10.5 Å². The van der Waals surface area contributed by atoms with Gasteiger partial charge in [-0.3, -0.25) is 4.79 Å². The van der Waals surface area contributed by atoms with Gasteiger partial charge in [0.2, 0.25) is 10.0 Å². The molecule has 0 bridgehead atoms. The first-order chi connectivity index (χ1) is 13.4. The van der Waals surface area contributed by atoms with E-state index in [1.165, 1.54) is 15.6 Å². The number of rotatable bonds is 4. The van der Waals surface area contributed by atoms with Gasteiger partial charge in [0.25, 0.3) is 5.91 Å². The van der Waals surface area contributed by atoms with Crippen molar-refractivity contribution in [1.29, 1.82) is 0 Å². The summed E-state index contributed by atoms with van der Waals surface area (Å²) in [6, 6.07) is 14.5. The lowest BCUT2D eigenvalue weighted by Gasteiger charge is -2.32. The van der Waals surface area contributed by atoms with Crippen molar-refractivity contribution < 1.29 is 17.9 Å². The van der Waals surface area contributed by atoms with Crippen molar-refractivity contribution in [2.75, 3.05) is 19.7 Å². The number of benzene rings is 2. The summed E-state index contributed by atoms with van der Waals surface area (Å²) in [5.41, 5.74) is 7.16. The largest absolute Gasteiger partial charge is 0.371 e. The van der Waals surface area contributed by atoms with Crippen LogP contribution in [-0.4, -0.2) is 38.3 Å². The van der Waals surface area contributed by atoms with Crippen LogP contribution >= 0.6 is 11.3 Å². The topological polar surface area (TPSA) is 89.7 Å². The van der Waals surface area contributed by atoms with Crippen LogP contribution in [0.5, 0.6) is 0 Å². The number of primary amides is 1. The summed E-state index contributed by atoms with van der Waals surface area (Å²) in [7, 11) is -3.65. The van der Waals surface area contributed by atoms with Crippen molar-refractivity contribution in [3.05, 3.63) is 64.5 Å². The second-order valence-electron chi connectivity index (χ2n) is 6.74. The first-order valence-corrected chi connectivity index (χ1v) is 11.1. The molecule has 2 heterocycles. The van der Waals surface area contributed by atoms with E-state index in [0.29, 0.717) is 10.4 Å². The Morgan fingerprint density at radius 1 is 1.21 bits per heavy atom. The quantitative estimate of drug-likeness (QED) is 0.708. The predicted octanol–water partition coefficient (Wildman–Crippen LogP) is 3.07. The Morgan fingerprint density at radius 2 is 2.00 bits per heavy atom. The summed E-state index contributed by atoms with van der Waals surface area (Å²) >= 11 is 1.31. The first-order valence-electron chi connectivity index (χ1n) is 8.87. The van der Waals surface area contributed by atoms with Gasteiger partial charge in [-0.1, -0.05) is 30.3 Å². The predicted molar refractivity (Wildman–Crippen MR) is 109 cm³/mol. The maximum absolute atomic E-state index is 13.1. The van der Waals surface area contributed by atoms with Crippen LogP contribution in [0.15, 0.2) is 53.4 Å². The lowest BCUT2D eigenvalue weighted by Crippen LogP contribution is -2.42. The fourth-order valence-corrected chi connectivity index (χ4v) is 6.15. The standard InChI is InChI=1S/C20H20N2O4S2/c1-13-5-4-6-14(11-13)28(24,25)22-9-10-26-16(12-22)18-15-7-2-3-8-17(15)27-19(18)20(21)23/h2-8,11,16H,9-10,12H2,1H3,(H2,21,23)/t16-/m0/s1. The molecule has 8 heteroatoms. The smallest absolute Gasteiger partial charge is 0.259 e. The first kappa shape index (κ1) is 19.1. The SMILES string of the molecule is Cc1cccc(S(=O)(=O)N2CCO[C@H](c3c(C(N)=O)sc4ccccc34)C2)c1. The summed E-state index contributed by atoms with van der Waals surface area (Å²) in [5, 5.41) is 0.876. The van der Waals surface area contributed by atoms with Gasteiger partial charge in [0.15, 0.2) is 0 Å². The Hall–Kier alpha value is -2.26. The van der Waals surface area contributed by atoms with Crippen LogP contribution in [0.4, 0.5) is 0 Å². The zero-order valence-corrected chi connectivity index (χ0v) is 16.9. The number of carbonyl (C=O) groups excluding carboxylic acids is 1. The second-order valence-corrected chi connectivity index (χ2v) is 9.73. The maximum atomic E-state index is 13.1. The number of fused-ring (bicyclic) bond motifs is 1. The Balaban J connectivity index is 1.73. The average molecular weight is 417 g/mol. The monoisotopic (exact) mass is 416 g/mol. The minimum absolute atomic E-state index is 0.136. The van der Waals surface area contributed by atoms with Crippen molar-refractivity contribution in [2.45, 2.75) is 17.9 Å². The summed E-state index contributed by atoms with van der Waals surface area (Å²) in [4.78, 5) is 12.7. The Kier molecular flexibility index (Phi) is 4.96.